The first-order valence-electron chi connectivity index (χ1n) is 17.9. The van der Waals surface area contributed by atoms with Crippen LogP contribution in [0.15, 0.2) is 168 Å². The minimum absolute atomic E-state index is 0.911. The van der Waals surface area contributed by atoms with E-state index in [4.69, 9.17) is 4.42 Å². The zero-order valence-corrected chi connectivity index (χ0v) is 29.1. The molecule has 0 unspecified atom stereocenters. The summed E-state index contributed by atoms with van der Waals surface area (Å²) in [6.45, 7) is 0. The molecular weight excluding hydrogens is 653 g/mol. The number of fused-ring (bicyclic) bond motifs is 9. The van der Waals surface area contributed by atoms with Crippen molar-refractivity contribution in [2.75, 3.05) is 4.90 Å². The van der Waals surface area contributed by atoms with Gasteiger partial charge in [0.15, 0.2) is 0 Å². The molecule has 3 aromatic heterocycles. The third-order valence-electron chi connectivity index (χ3n) is 10.7. The molecule has 0 saturated carbocycles. The molecule has 1 aliphatic rings. The number of para-hydroxylation sites is 4. The van der Waals surface area contributed by atoms with Gasteiger partial charge in [-0.3, -0.25) is 0 Å². The van der Waals surface area contributed by atoms with Gasteiger partial charge in [0.2, 0.25) is 0 Å². The Morgan fingerprint density at radius 1 is 0.538 bits per heavy atom. The molecule has 11 rings (SSSR count). The van der Waals surface area contributed by atoms with Crippen molar-refractivity contribution in [2.24, 2.45) is 0 Å². The van der Waals surface area contributed by atoms with E-state index in [1.54, 1.807) is 0 Å². The zero-order chi connectivity index (χ0) is 34.2. The van der Waals surface area contributed by atoms with Crippen LogP contribution in [0.25, 0.3) is 70.3 Å². The van der Waals surface area contributed by atoms with E-state index in [0.29, 0.717) is 0 Å². The molecule has 10 aromatic rings. The van der Waals surface area contributed by atoms with Gasteiger partial charge in [0.1, 0.15) is 11.0 Å². The molecule has 4 heteroatoms. The molecule has 0 bridgehead atoms. The van der Waals surface area contributed by atoms with Crippen LogP contribution in [-0.2, 0) is 0 Å². The summed E-state index contributed by atoms with van der Waals surface area (Å²) in [5, 5.41) is 7.47. The van der Waals surface area contributed by atoms with Crippen LogP contribution in [-0.4, -0.2) is 4.57 Å². The van der Waals surface area contributed by atoms with E-state index in [9.17, 15) is 0 Å². The van der Waals surface area contributed by atoms with Crippen LogP contribution < -0.4 is 15.5 Å². The Hall–Kier alpha value is -6.36. The molecule has 0 radical (unpaired) electrons. The highest BCUT2D eigenvalue weighted by Crippen LogP contribution is 2.44. The summed E-state index contributed by atoms with van der Waals surface area (Å²) in [6.07, 6.45) is 4.22. The van der Waals surface area contributed by atoms with Crippen molar-refractivity contribution in [3.8, 4) is 5.69 Å². The number of furan rings is 1. The minimum atomic E-state index is 0.911. The summed E-state index contributed by atoms with van der Waals surface area (Å²) in [4.78, 5) is 2.46. The second-order valence-electron chi connectivity index (χ2n) is 13.6. The van der Waals surface area contributed by atoms with Crippen LogP contribution in [0, 0.1) is 0 Å². The lowest BCUT2D eigenvalue weighted by molar-refractivity contribution is 0.568. The summed E-state index contributed by atoms with van der Waals surface area (Å²) in [5.41, 5.74) is 11.2. The first-order chi connectivity index (χ1) is 25.8. The molecule has 3 heterocycles. The summed E-state index contributed by atoms with van der Waals surface area (Å²) < 4.78 is 11.7. The number of hydrogen-bond acceptors (Lipinski definition) is 3. The van der Waals surface area contributed by atoms with Crippen LogP contribution in [0.4, 0.5) is 17.1 Å². The molecule has 1 aliphatic carbocycles. The van der Waals surface area contributed by atoms with Crippen LogP contribution >= 0.6 is 11.3 Å². The summed E-state index contributed by atoms with van der Waals surface area (Å²) in [7, 11) is 0. The second-order valence-corrected chi connectivity index (χ2v) is 14.7. The highest BCUT2D eigenvalue weighted by molar-refractivity contribution is 7.25. The lowest BCUT2D eigenvalue weighted by Crippen LogP contribution is -2.27. The van der Waals surface area contributed by atoms with Crippen LogP contribution in [0.2, 0.25) is 0 Å². The van der Waals surface area contributed by atoms with E-state index >= 15 is 0 Å². The first kappa shape index (κ1) is 29.4. The van der Waals surface area contributed by atoms with Crippen molar-refractivity contribution in [2.45, 2.75) is 12.8 Å². The summed E-state index contributed by atoms with van der Waals surface area (Å²) in [5.74, 6) is 0. The van der Waals surface area contributed by atoms with Gasteiger partial charge in [0, 0.05) is 69.7 Å². The van der Waals surface area contributed by atoms with E-state index in [-0.39, 0.29) is 0 Å². The van der Waals surface area contributed by atoms with E-state index in [0.717, 1.165) is 46.6 Å². The first-order valence-corrected chi connectivity index (χ1v) is 18.7. The molecular formula is C48H32N2OS. The Labute approximate surface area is 304 Å². The van der Waals surface area contributed by atoms with Gasteiger partial charge >= 0.3 is 0 Å². The van der Waals surface area contributed by atoms with Crippen molar-refractivity contribution in [1.82, 2.24) is 4.57 Å². The van der Waals surface area contributed by atoms with Crippen molar-refractivity contribution >= 4 is 93.0 Å². The molecule has 0 spiro atoms. The standard InChI is InChI=1S/C48H32N2OS/c1-2-13-31(14-3-1)50-43-22-9-4-15-34(43)36-27-25-32(29-44(36)50)49(33-26-28-39-38-18-7-11-24-46(38)52-47(39)30-33)42-21-8-5-16-35(42)40-19-12-20-41-37-17-6-10-23-45(37)51-48(40)41/h1-11,13-18,20-30H,12,19H2. The predicted octanol–water partition coefficient (Wildman–Crippen LogP) is 12.1. The molecule has 0 saturated heterocycles. The zero-order valence-electron chi connectivity index (χ0n) is 28.3. The fourth-order valence-corrected chi connectivity index (χ4v) is 9.52. The number of thiophene rings is 1. The van der Waals surface area contributed by atoms with Gasteiger partial charge in [-0.15, -0.1) is 11.3 Å². The van der Waals surface area contributed by atoms with Gasteiger partial charge < -0.3 is 13.9 Å². The fourth-order valence-electron chi connectivity index (χ4n) is 8.38. The molecule has 0 atom stereocenters. The topological polar surface area (TPSA) is 21.3 Å². The summed E-state index contributed by atoms with van der Waals surface area (Å²) in [6, 6.07) is 59.4. The highest BCUT2D eigenvalue weighted by atomic mass is 32.1. The predicted molar refractivity (Wildman–Crippen MR) is 220 cm³/mol. The maximum atomic E-state index is 6.66. The second kappa shape index (κ2) is 11.6. The lowest BCUT2D eigenvalue weighted by Gasteiger charge is -2.29. The van der Waals surface area contributed by atoms with Gasteiger partial charge in [-0.25, -0.2) is 0 Å². The number of nitrogens with zero attached hydrogens (tertiary/aromatic N) is 2. The van der Waals surface area contributed by atoms with Gasteiger partial charge in [0.25, 0.3) is 0 Å². The Morgan fingerprint density at radius 2 is 1.21 bits per heavy atom. The van der Waals surface area contributed by atoms with Crippen molar-refractivity contribution in [3.63, 3.8) is 0 Å². The van der Waals surface area contributed by atoms with E-state index in [1.165, 1.54) is 63.7 Å². The van der Waals surface area contributed by atoms with Crippen molar-refractivity contribution < 1.29 is 4.42 Å². The van der Waals surface area contributed by atoms with Gasteiger partial charge in [-0.2, -0.15) is 0 Å². The quantitative estimate of drug-likeness (QED) is 0.180. The molecule has 0 N–H and O–H groups in total. The van der Waals surface area contributed by atoms with E-state index in [1.807, 2.05) is 11.3 Å². The maximum absolute atomic E-state index is 6.66. The monoisotopic (exact) mass is 684 g/mol. The normalized spacial score (nSPS) is 13.0. The van der Waals surface area contributed by atoms with Gasteiger partial charge in [0.05, 0.1) is 16.7 Å². The molecule has 52 heavy (non-hydrogen) atoms. The van der Waals surface area contributed by atoms with E-state index in [2.05, 4.69) is 179 Å². The Morgan fingerprint density at radius 3 is 2.12 bits per heavy atom. The Bertz CT molecular complexity index is 3150. The molecule has 0 fully saturated rings. The fraction of sp³-hybridized carbons (Fsp3) is 0.0417. The number of rotatable bonds is 5. The number of aromatic nitrogens is 1. The average molecular weight is 685 g/mol. The SMILES string of the molecule is C1=c2c(oc3ccccc23)=C(c2ccccc2N(c2ccc3c(c2)sc2ccccc23)c2ccc3c4ccccc4n(-c4ccccc4)c3c2)CC1. The lowest BCUT2D eigenvalue weighted by atomic mass is 9.94. The number of anilines is 3. The Kier molecular flexibility index (Phi) is 6.55. The van der Waals surface area contributed by atoms with Crippen LogP contribution in [0.3, 0.4) is 0 Å². The molecule has 0 aliphatic heterocycles. The average Bonchev–Trinajstić information content (AvgIpc) is 3.88. The largest absolute Gasteiger partial charge is 0.456 e. The molecule has 7 aromatic carbocycles. The minimum Gasteiger partial charge on any atom is -0.456 e. The van der Waals surface area contributed by atoms with Crippen LogP contribution in [0.5, 0.6) is 0 Å². The number of benzene rings is 7. The third kappa shape index (κ3) is 4.44. The van der Waals surface area contributed by atoms with Crippen LogP contribution in [0.1, 0.15) is 18.4 Å². The smallest absolute Gasteiger partial charge is 0.138 e. The number of hydrogen-bond donors (Lipinski definition) is 0. The van der Waals surface area contributed by atoms with Gasteiger partial charge in [-0.1, -0.05) is 109 Å². The Balaban J connectivity index is 1.20. The molecule has 246 valence electrons. The highest BCUT2D eigenvalue weighted by Gasteiger charge is 2.23. The molecule has 3 nitrogen and oxygen atoms in total. The van der Waals surface area contributed by atoms with Crippen molar-refractivity contribution in [1.29, 1.82) is 0 Å². The maximum Gasteiger partial charge on any atom is 0.138 e. The molecule has 0 amide bonds. The van der Waals surface area contributed by atoms with Gasteiger partial charge in [-0.05, 0) is 73.5 Å². The van der Waals surface area contributed by atoms with Crippen molar-refractivity contribution in [3.05, 3.63) is 180 Å². The summed E-state index contributed by atoms with van der Waals surface area (Å²) >= 11 is 1.86. The van der Waals surface area contributed by atoms with E-state index < -0.39 is 0 Å². The third-order valence-corrected chi connectivity index (χ3v) is 11.8.